The van der Waals surface area contributed by atoms with E-state index in [1.165, 1.54) is 6.26 Å². The van der Waals surface area contributed by atoms with Gasteiger partial charge < -0.3 is 23.3 Å². The Bertz CT molecular complexity index is 958. The first-order valence-electron chi connectivity index (χ1n) is 8.84. The van der Waals surface area contributed by atoms with Crippen LogP contribution in [0.15, 0.2) is 45.5 Å². The second-order valence-corrected chi connectivity index (χ2v) is 6.57. The van der Waals surface area contributed by atoms with E-state index in [0.29, 0.717) is 36.3 Å². The van der Waals surface area contributed by atoms with Crippen LogP contribution in [0.4, 0.5) is 0 Å². The van der Waals surface area contributed by atoms with Gasteiger partial charge in [-0.25, -0.2) is 0 Å². The molecule has 2 aliphatic heterocycles. The van der Waals surface area contributed by atoms with Crippen molar-refractivity contribution in [2.75, 3.05) is 19.9 Å². The van der Waals surface area contributed by atoms with Crippen LogP contribution in [0.5, 0.6) is 11.5 Å². The molecule has 1 saturated heterocycles. The largest absolute Gasteiger partial charge is 0.459 e. The third kappa shape index (κ3) is 2.92. The van der Waals surface area contributed by atoms with Crippen LogP contribution >= 0.6 is 0 Å². The topological polar surface area (TPSA) is 90.8 Å². The number of ether oxygens (including phenoxy) is 2. The van der Waals surface area contributed by atoms with Gasteiger partial charge in [0.1, 0.15) is 0 Å². The molecule has 0 aliphatic carbocycles. The van der Waals surface area contributed by atoms with Crippen LogP contribution in [0, 0.1) is 0 Å². The number of likely N-dealkylation sites (tertiary alicyclic amines) is 1. The van der Waals surface area contributed by atoms with Crippen molar-refractivity contribution in [2.45, 2.75) is 18.8 Å². The maximum absolute atomic E-state index is 12.3. The number of hydrogen-bond donors (Lipinski definition) is 0. The molecule has 2 aliphatic rings. The van der Waals surface area contributed by atoms with E-state index in [1.807, 2.05) is 18.2 Å². The lowest BCUT2D eigenvalue weighted by molar-refractivity contribution is 0.0672. The molecule has 8 nitrogen and oxygen atoms in total. The molecule has 5 rings (SSSR count). The number of benzene rings is 1. The standard InChI is InChI=1S/C19H17N3O5/c23-19(15-2-1-9-24-15)22-7-5-12(6-8-22)18-20-17(21-27-18)13-3-4-14-16(10-13)26-11-25-14/h1-4,9-10,12H,5-8,11H2. The minimum absolute atomic E-state index is 0.0787. The van der Waals surface area contributed by atoms with Gasteiger partial charge >= 0.3 is 0 Å². The molecule has 1 amide bonds. The predicted molar refractivity (Wildman–Crippen MR) is 92.4 cm³/mol. The molecule has 0 N–H and O–H groups in total. The number of nitrogens with zero attached hydrogens (tertiary/aromatic N) is 3. The van der Waals surface area contributed by atoms with E-state index in [-0.39, 0.29) is 18.6 Å². The summed E-state index contributed by atoms with van der Waals surface area (Å²) in [4.78, 5) is 18.7. The second-order valence-electron chi connectivity index (χ2n) is 6.57. The SMILES string of the molecule is O=C(c1ccco1)N1CCC(c2nc(-c3ccc4c(c3)OCO4)no2)CC1. The first kappa shape index (κ1) is 15.9. The highest BCUT2D eigenvalue weighted by Gasteiger charge is 2.29. The molecule has 0 spiro atoms. The molecular weight excluding hydrogens is 350 g/mol. The van der Waals surface area contributed by atoms with Gasteiger partial charge in [0.2, 0.25) is 18.5 Å². The van der Waals surface area contributed by atoms with Crippen LogP contribution < -0.4 is 9.47 Å². The van der Waals surface area contributed by atoms with Crippen molar-refractivity contribution in [3.8, 4) is 22.9 Å². The van der Waals surface area contributed by atoms with Gasteiger partial charge in [-0.15, -0.1) is 0 Å². The van der Waals surface area contributed by atoms with Crippen molar-refractivity contribution in [1.29, 1.82) is 0 Å². The maximum atomic E-state index is 12.3. The van der Waals surface area contributed by atoms with E-state index in [2.05, 4.69) is 10.1 Å². The first-order chi connectivity index (χ1) is 13.3. The molecule has 2 aromatic heterocycles. The van der Waals surface area contributed by atoms with Gasteiger partial charge in [-0.05, 0) is 43.2 Å². The molecular formula is C19H17N3O5. The normalized spacial score (nSPS) is 16.7. The third-order valence-corrected chi connectivity index (χ3v) is 4.94. The predicted octanol–water partition coefficient (Wildman–Crippen LogP) is 3.08. The van der Waals surface area contributed by atoms with Gasteiger partial charge in [0.05, 0.1) is 6.26 Å². The van der Waals surface area contributed by atoms with Crippen molar-refractivity contribution >= 4 is 5.91 Å². The van der Waals surface area contributed by atoms with Crippen LogP contribution in [0.1, 0.15) is 35.2 Å². The van der Waals surface area contributed by atoms with Gasteiger partial charge in [0, 0.05) is 24.6 Å². The number of aromatic nitrogens is 2. The monoisotopic (exact) mass is 367 g/mol. The minimum Gasteiger partial charge on any atom is -0.459 e. The summed E-state index contributed by atoms with van der Waals surface area (Å²) in [7, 11) is 0. The number of amides is 1. The molecule has 0 atom stereocenters. The number of carbonyl (C=O) groups is 1. The molecule has 138 valence electrons. The van der Waals surface area contributed by atoms with Crippen LogP contribution in [0.3, 0.4) is 0 Å². The Kier molecular flexibility index (Phi) is 3.81. The Hall–Kier alpha value is -3.29. The average Bonchev–Trinajstić information content (AvgIpc) is 3.48. The molecule has 3 aromatic rings. The number of fused-ring (bicyclic) bond motifs is 1. The summed E-state index contributed by atoms with van der Waals surface area (Å²) in [5.41, 5.74) is 0.819. The van der Waals surface area contributed by atoms with Gasteiger partial charge in [-0.2, -0.15) is 4.98 Å². The van der Waals surface area contributed by atoms with Crippen molar-refractivity contribution < 1.29 is 23.2 Å². The summed E-state index contributed by atoms with van der Waals surface area (Å²) in [5.74, 6) is 2.96. The highest BCUT2D eigenvalue weighted by molar-refractivity contribution is 5.91. The fourth-order valence-electron chi connectivity index (χ4n) is 3.44. The van der Waals surface area contributed by atoms with Crippen molar-refractivity contribution in [2.24, 2.45) is 0 Å². The molecule has 1 fully saturated rings. The third-order valence-electron chi connectivity index (χ3n) is 4.94. The quantitative estimate of drug-likeness (QED) is 0.702. The fourth-order valence-corrected chi connectivity index (χ4v) is 3.44. The minimum atomic E-state index is -0.0787. The number of furan rings is 1. The van der Waals surface area contributed by atoms with Gasteiger partial charge in [-0.3, -0.25) is 4.79 Å². The Balaban J connectivity index is 1.27. The Morgan fingerprint density at radius 2 is 1.96 bits per heavy atom. The number of carbonyl (C=O) groups excluding carboxylic acids is 1. The molecule has 0 radical (unpaired) electrons. The van der Waals surface area contributed by atoms with E-state index in [1.54, 1.807) is 17.0 Å². The number of rotatable bonds is 3. The first-order valence-corrected chi connectivity index (χ1v) is 8.84. The molecule has 0 bridgehead atoms. The summed E-state index contributed by atoms with van der Waals surface area (Å²) in [5, 5.41) is 4.10. The summed E-state index contributed by atoms with van der Waals surface area (Å²) in [6, 6.07) is 8.97. The lowest BCUT2D eigenvalue weighted by Gasteiger charge is -2.29. The highest BCUT2D eigenvalue weighted by atomic mass is 16.7. The molecule has 0 unspecified atom stereocenters. The van der Waals surface area contributed by atoms with E-state index in [4.69, 9.17) is 18.4 Å². The van der Waals surface area contributed by atoms with E-state index < -0.39 is 0 Å². The summed E-state index contributed by atoms with van der Waals surface area (Å²) in [6.45, 7) is 1.49. The second kappa shape index (κ2) is 6.46. The lowest BCUT2D eigenvalue weighted by atomic mass is 9.96. The summed E-state index contributed by atoms with van der Waals surface area (Å²) < 4.78 is 21.4. The van der Waals surface area contributed by atoms with Crippen LogP contribution in [-0.4, -0.2) is 40.8 Å². The smallest absolute Gasteiger partial charge is 0.289 e. The number of piperidine rings is 1. The van der Waals surface area contributed by atoms with E-state index in [9.17, 15) is 4.79 Å². The van der Waals surface area contributed by atoms with Crippen LogP contribution in [0.2, 0.25) is 0 Å². The zero-order valence-electron chi connectivity index (χ0n) is 14.5. The highest BCUT2D eigenvalue weighted by Crippen LogP contribution is 2.36. The zero-order chi connectivity index (χ0) is 18.2. The molecule has 8 heteroatoms. The molecule has 1 aromatic carbocycles. The van der Waals surface area contributed by atoms with Crippen LogP contribution in [0.25, 0.3) is 11.4 Å². The lowest BCUT2D eigenvalue weighted by Crippen LogP contribution is -2.37. The van der Waals surface area contributed by atoms with Gasteiger partial charge in [0.15, 0.2) is 17.3 Å². The van der Waals surface area contributed by atoms with Gasteiger partial charge in [0.25, 0.3) is 5.91 Å². The fraction of sp³-hybridized carbons (Fsp3) is 0.316. The maximum Gasteiger partial charge on any atom is 0.289 e. The van der Waals surface area contributed by atoms with Gasteiger partial charge in [-0.1, -0.05) is 5.16 Å². The van der Waals surface area contributed by atoms with Crippen molar-refractivity contribution in [3.05, 3.63) is 48.2 Å². The average molecular weight is 367 g/mol. The summed E-state index contributed by atoms with van der Waals surface area (Å²) >= 11 is 0. The molecule has 27 heavy (non-hydrogen) atoms. The van der Waals surface area contributed by atoms with E-state index >= 15 is 0 Å². The van der Waals surface area contributed by atoms with E-state index in [0.717, 1.165) is 24.2 Å². The Labute approximate surface area is 154 Å². The Morgan fingerprint density at radius 3 is 2.78 bits per heavy atom. The Morgan fingerprint density at radius 1 is 1.11 bits per heavy atom. The zero-order valence-corrected chi connectivity index (χ0v) is 14.5. The van der Waals surface area contributed by atoms with Crippen LogP contribution in [-0.2, 0) is 0 Å². The number of hydrogen-bond acceptors (Lipinski definition) is 7. The van der Waals surface area contributed by atoms with Crippen molar-refractivity contribution in [1.82, 2.24) is 15.0 Å². The molecule has 4 heterocycles. The summed E-state index contributed by atoms with van der Waals surface area (Å²) in [6.07, 6.45) is 3.06. The van der Waals surface area contributed by atoms with Crippen molar-refractivity contribution in [3.63, 3.8) is 0 Å². The molecule has 0 saturated carbocycles.